The third-order valence-electron chi connectivity index (χ3n) is 3.40. The van der Waals surface area contributed by atoms with E-state index in [4.69, 9.17) is 0 Å². The fourth-order valence-corrected chi connectivity index (χ4v) is 2.03. The molecule has 1 N–H and O–H groups in total. The topological polar surface area (TPSA) is 68.5 Å². The molecule has 6 nitrogen and oxygen atoms in total. The number of nitrogens with zero attached hydrogens (tertiary/aromatic N) is 5. The molecular formula is C14H20N6. The Morgan fingerprint density at radius 2 is 1.95 bits per heavy atom. The molecule has 0 spiro atoms. The SMILES string of the molecule is CCc1nc(CC)n(-c2ncc(CNC3CC3)cn2)n1. The van der Waals surface area contributed by atoms with E-state index in [9.17, 15) is 0 Å². The van der Waals surface area contributed by atoms with Gasteiger partial charge < -0.3 is 5.32 Å². The van der Waals surface area contributed by atoms with Crippen molar-refractivity contribution in [2.45, 2.75) is 52.1 Å². The molecule has 0 amide bonds. The molecule has 1 aliphatic rings. The Kier molecular flexibility index (Phi) is 3.73. The second-order valence-corrected chi connectivity index (χ2v) is 5.11. The molecule has 6 heteroatoms. The molecule has 1 aliphatic carbocycles. The lowest BCUT2D eigenvalue weighted by atomic mass is 10.3. The van der Waals surface area contributed by atoms with E-state index in [1.807, 2.05) is 19.3 Å². The van der Waals surface area contributed by atoms with Crippen molar-refractivity contribution in [1.82, 2.24) is 30.0 Å². The molecule has 20 heavy (non-hydrogen) atoms. The second kappa shape index (κ2) is 5.66. The van der Waals surface area contributed by atoms with Crippen LogP contribution >= 0.6 is 0 Å². The molecule has 0 atom stereocenters. The summed E-state index contributed by atoms with van der Waals surface area (Å²) < 4.78 is 1.75. The number of aromatic nitrogens is 5. The molecule has 0 bridgehead atoms. The van der Waals surface area contributed by atoms with E-state index in [0.29, 0.717) is 12.0 Å². The maximum absolute atomic E-state index is 4.47. The van der Waals surface area contributed by atoms with Crippen molar-refractivity contribution in [3.05, 3.63) is 29.6 Å². The monoisotopic (exact) mass is 272 g/mol. The number of rotatable bonds is 6. The summed E-state index contributed by atoms with van der Waals surface area (Å²) in [7, 11) is 0. The first-order valence-electron chi connectivity index (χ1n) is 7.29. The van der Waals surface area contributed by atoms with Crippen LogP contribution < -0.4 is 5.32 Å². The van der Waals surface area contributed by atoms with Gasteiger partial charge in [0.2, 0.25) is 0 Å². The van der Waals surface area contributed by atoms with Gasteiger partial charge in [-0.2, -0.15) is 4.68 Å². The van der Waals surface area contributed by atoms with Crippen LogP contribution in [0.25, 0.3) is 5.95 Å². The first kappa shape index (κ1) is 13.2. The molecular weight excluding hydrogens is 252 g/mol. The normalized spacial score (nSPS) is 14.7. The van der Waals surface area contributed by atoms with Crippen LogP contribution in [0.4, 0.5) is 0 Å². The quantitative estimate of drug-likeness (QED) is 0.861. The van der Waals surface area contributed by atoms with E-state index >= 15 is 0 Å². The summed E-state index contributed by atoms with van der Waals surface area (Å²) in [5.41, 5.74) is 1.11. The fraction of sp³-hybridized carbons (Fsp3) is 0.571. The average molecular weight is 272 g/mol. The Labute approximate surface area is 118 Å². The van der Waals surface area contributed by atoms with Gasteiger partial charge in [-0.15, -0.1) is 5.10 Å². The molecule has 0 saturated heterocycles. The highest BCUT2D eigenvalue weighted by Crippen LogP contribution is 2.19. The number of hydrogen-bond donors (Lipinski definition) is 1. The smallest absolute Gasteiger partial charge is 0.252 e. The Bertz CT molecular complexity index is 570. The lowest BCUT2D eigenvalue weighted by molar-refractivity contribution is 0.678. The van der Waals surface area contributed by atoms with Gasteiger partial charge in [0.25, 0.3) is 5.95 Å². The zero-order valence-corrected chi connectivity index (χ0v) is 12.0. The summed E-state index contributed by atoms with van der Waals surface area (Å²) in [5.74, 6) is 2.35. The van der Waals surface area contributed by atoms with Crippen molar-refractivity contribution in [2.24, 2.45) is 0 Å². The molecule has 0 aromatic carbocycles. The van der Waals surface area contributed by atoms with E-state index in [-0.39, 0.29) is 0 Å². The lowest BCUT2D eigenvalue weighted by Gasteiger charge is -2.05. The number of hydrogen-bond acceptors (Lipinski definition) is 5. The van der Waals surface area contributed by atoms with E-state index in [0.717, 1.165) is 36.6 Å². The van der Waals surface area contributed by atoms with Crippen molar-refractivity contribution in [1.29, 1.82) is 0 Å². The van der Waals surface area contributed by atoms with Crippen molar-refractivity contribution < 1.29 is 0 Å². The lowest BCUT2D eigenvalue weighted by Crippen LogP contribution is -2.16. The third kappa shape index (κ3) is 2.85. The largest absolute Gasteiger partial charge is 0.310 e. The molecule has 2 heterocycles. The van der Waals surface area contributed by atoms with Crippen LogP contribution in [0.5, 0.6) is 0 Å². The van der Waals surface area contributed by atoms with Crippen molar-refractivity contribution in [3.8, 4) is 5.95 Å². The Balaban J connectivity index is 1.77. The number of nitrogens with one attached hydrogen (secondary N) is 1. The summed E-state index contributed by atoms with van der Waals surface area (Å²) in [5, 5.41) is 7.90. The summed E-state index contributed by atoms with van der Waals surface area (Å²) in [4.78, 5) is 13.3. The molecule has 0 aliphatic heterocycles. The van der Waals surface area contributed by atoms with Crippen molar-refractivity contribution in [2.75, 3.05) is 0 Å². The van der Waals surface area contributed by atoms with Gasteiger partial charge in [0.15, 0.2) is 5.82 Å². The van der Waals surface area contributed by atoms with Crippen LogP contribution in [0.3, 0.4) is 0 Å². The summed E-state index contributed by atoms with van der Waals surface area (Å²) >= 11 is 0. The highest BCUT2D eigenvalue weighted by atomic mass is 15.4. The van der Waals surface area contributed by atoms with Crippen LogP contribution in [0.1, 0.15) is 43.9 Å². The molecule has 0 unspecified atom stereocenters. The van der Waals surface area contributed by atoms with Crippen LogP contribution in [0.15, 0.2) is 12.4 Å². The van der Waals surface area contributed by atoms with Crippen LogP contribution in [0, 0.1) is 0 Å². The fourth-order valence-electron chi connectivity index (χ4n) is 2.03. The zero-order chi connectivity index (χ0) is 13.9. The third-order valence-corrected chi connectivity index (χ3v) is 3.40. The summed E-state index contributed by atoms with van der Waals surface area (Å²) in [6.07, 6.45) is 7.95. The molecule has 2 aromatic heterocycles. The first-order chi connectivity index (χ1) is 9.80. The van der Waals surface area contributed by atoms with Gasteiger partial charge in [-0.1, -0.05) is 13.8 Å². The van der Waals surface area contributed by atoms with E-state index < -0.39 is 0 Å². The minimum Gasteiger partial charge on any atom is -0.310 e. The van der Waals surface area contributed by atoms with Gasteiger partial charge in [0, 0.05) is 43.4 Å². The van der Waals surface area contributed by atoms with Gasteiger partial charge in [-0.3, -0.25) is 0 Å². The summed E-state index contributed by atoms with van der Waals surface area (Å²) in [6.45, 7) is 4.95. The maximum Gasteiger partial charge on any atom is 0.252 e. The molecule has 3 rings (SSSR count). The predicted molar refractivity (Wildman–Crippen MR) is 75.6 cm³/mol. The van der Waals surface area contributed by atoms with Crippen LogP contribution in [-0.4, -0.2) is 30.8 Å². The maximum atomic E-state index is 4.47. The molecule has 2 aromatic rings. The second-order valence-electron chi connectivity index (χ2n) is 5.11. The molecule has 0 radical (unpaired) electrons. The van der Waals surface area contributed by atoms with Gasteiger partial charge in [0.1, 0.15) is 5.82 Å². The number of aryl methyl sites for hydroxylation is 2. The van der Waals surface area contributed by atoms with Gasteiger partial charge in [0.05, 0.1) is 0 Å². The zero-order valence-electron chi connectivity index (χ0n) is 12.0. The highest BCUT2D eigenvalue weighted by molar-refractivity contribution is 5.16. The minimum atomic E-state index is 0.601. The average Bonchev–Trinajstić information content (AvgIpc) is 3.23. The Morgan fingerprint density at radius 1 is 1.20 bits per heavy atom. The predicted octanol–water partition coefficient (Wildman–Crippen LogP) is 1.43. The Morgan fingerprint density at radius 3 is 2.55 bits per heavy atom. The van der Waals surface area contributed by atoms with E-state index in [1.54, 1.807) is 4.68 Å². The molecule has 1 saturated carbocycles. The van der Waals surface area contributed by atoms with E-state index in [1.165, 1.54) is 12.8 Å². The van der Waals surface area contributed by atoms with Crippen LogP contribution in [0.2, 0.25) is 0 Å². The van der Waals surface area contributed by atoms with Crippen molar-refractivity contribution in [3.63, 3.8) is 0 Å². The van der Waals surface area contributed by atoms with E-state index in [2.05, 4.69) is 32.3 Å². The first-order valence-corrected chi connectivity index (χ1v) is 7.29. The molecule has 1 fully saturated rings. The van der Waals surface area contributed by atoms with Gasteiger partial charge in [-0.05, 0) is 12.8 Å². The van der Waals surface area contributed by atoms with Crippen molar-refractivity contribution >= 4 is 0 Å². The Hall–Kier alpha value is -1.82. The highest BCUT2D eigenvalue weighted by Gasteiger charge is 2.20. The van der Waals surface area contributed by atoms with Crippen LogP contribution in [-0.2, 0) is 19.4 Å². The van der Waals surface area contributed by atoms with Gasteiger partial charge >= 0.3 is 0 Å². The van der Waals surface area contributed by atoms with Gasteiger partial charge in [-0.25, -0.2) is 15.0 Å². The minimum absolute atomic E-state index is 0.601. The standard InChI is InChI=1S/C14H20N6/c1-3-12-18-13(4-2)20(19-12)14-16-8-10(9-17-14)7-15-11-5-6-11/h8-9,11,15H,3-7H2,1-2H3. The molecule has 106 valence electrons. The summed E-state index contributed by atoms with van der Waals surface area (Å²) in [6, 6.07) is 0.698.